The third-order valence-corrected chi connectivity index (χ3v) is 6.45. The molecule has 0 aliphatic carbocycles. The number of carbonyl (C=O) groups excluding carboxylic acids is 1. The van der Waals surface area contributed by atoms with Crippen molar-refractivity contribution in [2.75, 3.05) is 26.2 Å². The molecule has 2 rings (SSSR count). The van der Waals surface area contributed by atoms with Crippen molar-refractivity contribution in [2.24, 2.45) is 0 Å². The van der Waals surface area contributed by atoms with Crippen LogP contribution in [0.5, 0.6) is 5.75 Å². The lowest BCUT2D eigenvalue weighted by atomic mass is 10.2. The molecule has 27 heavy (non-hydrogen) atoms. The van der Waals surface area contributed by atoms with Crippen molar-refractivity contribution < 1.29 is 17.9 Å². The number of benzene rings is 2. The lowest BCUT2D eigenvalue weighted by molar-refractivity contribution is 0.0947. The molecule has 6 nitrogen and oxygen atoms in total. The SMILES string of the molecule is CCN(CC)S(=O)(=O)c1cc(C(=O)NCCOc2ccccc2)ccc1Cl. The highest BCUT2D eigenvalue weighted by Crippen LogP contribution is 2.25. The predicted octanol–water partition coefficient (Wildman–Crippen LogP) is 3.18. The van der Waals surface area contributed by atoms with Crippen LogP contribution in [0.3, 0.4) is 0 Å². The summed E-state index contributed by atoms with van der Waals surface area (Å²) >= 11 is 6.08. The number of carbonyl (C=O) groups is 1. The molecule has 0 bridgehead atoms. The van der Waals surface area contributed by atoms with E-state index in [0.29, 0.717) is 25.4 Å². The molecular weight excluding hydrogens is 388 g/mol. The van der Waals surface area contributed by atoms with E-state index in [1.165, 1.54) is 22.5 Å². The molecule has 1 N–H and O–H groups in total. The average Bonchev–Trinajstić information content (AvgIpc) is 2.67. The number of hydrogen-bond donors (Lipinski definition) is 1. The molecule has 0 aliphatic rings. The van der Waals surface area contributed by atoms with Gasteiger partial charge < -0.3 is 10.1 Å². The summed E-state index contributed by atoms with van der Waals surface area (Å²) in [5, 5.41) is 2.80. The van der Waals surface area contributed by atoms with Crippen molar-refractivity contribution in [3.8, 4) is 5.75 Å². The fourth-order valence-electron chi connectivity index (χ4n) is 2.50. The second kappa shape index (κ2) is 9.73. The summed E-state index contributed by atoms with van der Waals surface area (Å²) < 4.78 is 32.2. The van der Waals surface area contributed by atoms with Gasteiger partial charge in [-0.05, 0) is 30.3 Å². The lowest BCUT2D eigenvalue weighted by Gasteiger charge is -2.19. The Morgan fingerprint density at radius 2 is 1.78 bits per heavy atom. The Balaban J connectivity index is 2.05. The van der Waals surface area contributed by atoms with E-state index in [1.54, 1.807) is 13.8 Å². The van der Waals surface area contributed by atoms with Gasteiger partial charge in [-0.1, -0.05) is 43.6 Å². The van der Waals surface area contributed by atoms with Gasteiger partial charge in [0.2, 0.25) is 10.0 Å². The topological polar surface area (TPSA) is 75.7 Å². The third kappa shape index (κ3) is 5.45. The van der Waals surface area contributed by atoms with Gasteiger partial charge in [0.15, 0.2) is 0 Å². The molecule has 0 atom stereocenters. The minimum Gasteiger partial charge on any atom is -0.492 e. The molecule has 0 aliphatic heterocycles. The maximum Gasteiger partial charge on any atom is 0.251 e. The van der Waals surface area contributed by atoms with Crippen LogP contribution in [-0.4, -0.2) is 44.9 Å². The summed E-state index contributed by atoms with van der Waals surface area (Å²) in [6.07, 6.45) is 0. The minimum atomic E-state index is -3.75. The maximum atomic E-state index is 12.7. The van der Waals surface area contributed by atoms with E-state index in [4.69, 9.17) is 16.3 Å². The van der Waals surface area contributed by atoms with E-state index < -0.39 is 10.0 Å². The zero-order valence-corrected chi connectivity index (χ0v) is 16.9. The summed E-state index contributed by atoms with van der Waals surface area (Å²) in [6.45, 7) is 4.73. The number of hydrogen-bond acceptors (Lipinski definition) is 4. The Bertz CT molecular complexity index is 869. The first-order valence-corrected chi connectivity index (χ1v) is 10.5. The summed E-state index contributed by atoms with van der Waals surface area (Å²) in [6, 6.07) is 13.5. The second-order valence-electron chi connectivity index (χ2n) is 5.65. The minimum absolute atomic E-state index is 0.0685. The molecule has 0 radical (unpaired) electrons. The van der Waals surface area contributed by atoms with E-state index in [0.717, 1.165) is 0 Å². The quantitative estimate of drug-likeness (QED) is 0.644. The van der Waals surface area contributed by atoms with Crippen molar-refractivity contribution in [3.63, 3.8) is 0 Å². The van der Waals surface area contributed by atoms with Crippen LogP contribution in [0.4, 0.5) is 0 Å². The van der Waals surface area contributed by atoms with Crippen molar-refractivity contribution in [1.29, 1.82) is 0 Å². The first-order valence-electron chi connectivity index (χ1n) is 8.65. The number of sulfonamides is 1. The molecule has 2 aromatic carbocycles. The molecule has 0 unspecified atom stereocenters. The number of amides is 1. The van der Waals surface area contributed by atoms with Crippen LogP contribution in [0.1, 0.15) is 24.2 Å². The Kier molecular flexibility index (Phi) is 7.65. The normalized spacial score (nSPS) is 11.4. The molecule has 0 spiro atoms. The number of halogens is 1. The van der Waals surface area contributed by atoms with Crippen molar-refractivity contribution in [2.45, 2.75) is 18.7 Å². The summed E-state index contributed by atoms with van der Waals surface area (Å²) in [4.78, 5) is 12.3. The van der Waals surface area contributed by atoms with Gasteiger partial charge in [0, 0.05) is 18.7 Å². The van der Waals surface area contributed by atoms with E-state index in [1.807, 2.05) is 30.3 Å². The Labute approximate surface area is 165 Å². The van der Waals surface area contributed by atoms with Crippen LogP contribution < -0.4 is 10.1 Å². The molecule has 0 heterocycles. The summed E-state index contributed by atoms with van der Waals surface area (Å²) in [5.41, 5.74) is 0.227. The van der Waals surface area contributed by atoms with E-state index in [-0.39, 0.29) is 27.9 Å². The van der Waals surface area contributed by atoms with E-state index in [9.17, 15) is 13.2 Å². The highest BCUT2D eigenvalue weighted by Gasteiger charge is 2.25. The highest BCUT2D eigenvalue weighted by atomic mass is 35.5. The predicted molar refractivity (Wildman–Crippen MR) is 106 cm³/mol. The molecule has 146 valence electrons. The van der Waals surface area contributed by atoms with Crippen LogP contribution >= 0.6 is 11.6 Å². The zero-order chi connectivity index (χ0) is 19.9. The summed E-state index contributed by atoms with van der Waals surface area (Å²) in [7, 11) is -3.75. The Morgan fingerprint density at radius 1 is 1.11 bits per heavy atom. The standard InChI is InChI=1S/C19H23ClN2O4S/c1-3-22(4-2)27(24,25)18-14-15(10-11-17(18)20)19(23)21-12-13-26-16-8-6-5-7-9-16/h5-11,14H,3-4,12-13H2,1-2H3,(H,21,23). The second-order valence-corrected chi connectivity index (χ2v) is 7.97. The molecule has 0 saturated carbocycles. The fourth-order valence-corrected chi connectivity index (χ4v) is 4.46. The highest BCUT2D eigenvalue weighted by molar-refractivity contribution is 7.89. The first-order chi connectivity index (χ1) is 12.9. The van der Waals surface area contributed by atoms with Gasteiger partial charge >= 0.3 is 0 Å². The third-order valence-electron chi connectivity index (χ3n) is 3.92. The van der Waals surface area contributed by atoms with Gasteiger partial charge in [0.25, 0.3) is 5.91 Å². The van der Waals surface area contributed by atoms with Gasteiger partial charge in [-0.25, -0.2) is 8.42 Å². The van der Waals surface area contributed by atoms with Crippen LogP contribution in [0.2, 0.25) is 5.02 Å². The van der Waals surface area contributed by atoms with Crippen LogP contribution in [0, 0.1) is 0 Å². The molecule has 0 saturated heterocycles. The van der Waals surface area contributed by atoms with Crippen molar-refractivity contribution >= 4 is 27.5 Å². The largest absolute Gasteiger partial charge is 0.492 e. The monoisotopic (exact) mass is 410 g/mol. The zero-order valence-electron chi connectivity index (χ0n) is 15.3. The number of para-hydroxylation sites is 1. The number of nitrogens with one attached hydrogen (secondary N) is 1. The van der Waals surface area contributed by atoms with E-state index >= 15 is 0 Å². The Hall–Kier alpha value is -2.09. The fraction of sp³-hybridized carbons (Fsp3) is 0.316. The van der Waals surface area contributed by atoms with Gasteiger partial charge in [0.05, 0.1) is 11.6 Å². The van der Waals surface area contributed by atoms with E-state index in [2.05, 4.69) is 5.32 Å². The smallest absolute Gasteiger partial charge is 0.251 e. The lowest BCUT2D eigenvalue weighted by Crippen LogP contribution is -2.31. The van der Waals surface area contributed by atoms with Gasteiger partial charge in [-0.15, -0.1) is 0 Å². The molecule has 8 heteroatoms. The number of ether oxygens (including phenoxy) is 1. The average molecular weight is 411 g/mol. The number of nitrogens with zero attached hydrogens (tertiary/aromatic N) is 1. The molecule has 1 amide bonds. The van der Waals surface area contributed by atoms with Gasteiger partial charge in [0.1, 0.15) is 17.3 Å². The van der Waals surface area contributed by atoms with Gasteiger partial charge in [-0.3, -0.25) is 4.79 Å². The van der Waals surface area contributed by atoms with Crippen LogP contribution in [0.15, 0.2) is 53.4 Å². The molecule has 2 aromatic rings. The van der Waals surface area contributed by atoms with Crippen molar-refractivity contribution in [1.82, 2.24) is 9.62 Å². The first kappa shape index (κ1) is 21.2. The van der Waals surface area contributed by atoms with Crippen LogP contribution in [-0.2, 0) is 10.0 Å². The number of rotatable bonds is 9. The molecule has 0 fully saturated rings. The molecular formula is C19H23ClN2O4S. The van der Waals surface area contributed by atoms with Crippen molar-refractivity contribution in [3.05, 3.63) is 59.1 Å². The van der Waals surface area contributed by atoms with Gasteiger partial charge in [-0.2, -0.15) is 4.31 Å². The molecule has 0 aromatic heterocycles. The Morgan fingerprint density at radius 3 is 2.41 bits per heavy atom. The van der Waals surface area contributed by atoms with Crippen LogP contribution in [0.25, 0.3) is 0 Å². The maximum absolute atomic E-state index is 12.7. The summed E-state index contributed by atoms with van der Waals surface area (Å²) in [5.74, 6) is 0.324.